The van der Waals surface area contributed by atoms with Gasteiger partial charge >= 0.3 is 0 Å². The highest BCUT2D eigenvalue weighted by Crippen LogP contribution is 2.45. The van der Waals surface area contributed by atoms with E-state index in [2.05, 4.69) is 38.1 Å². The van der Waals surface area contributed by atoms with Crippen LogP contribution in [0.2, 0.25) is 0 Å². The van der Waals surface area contributed by atoms with Crippen LogP contribution < -0.4 is 14.8 Å². The summed E-state index contributed by atoms with van der Waals surface area (Å²) in [6.45, 7) is 12.6. The molecule has 2 aliphatic heterocycles. The number of Topliss-reactive ketones (excluding diaryl/α,β-unsaturated/α-hetero) is 2. The summed E-state index contributed by atoms with van der Waals surface area (Å²) >= 11 is 0. The normalized spacial score (nSPS) is 15.7. The van der Waals surface area contributed by atoms with E-state index in [1.165, 1.54) is 19.1 Å². The molecule has 4 aromatic carbocycles. The summed E-state index contributed by atoms with van der Waals surface area (Å²) in [5.41, 5.74) is 10.1. The number of rotatable bonds is 13. The molecule has 2 aromatic heterocycles. The lowest BCUT2D eigenvalue weighted by atomic mass is 9.95. The number of ketones is 2. The summed E-state index contributed by atoms with van der Waals surface area (Å²) in [5.74, 6) is 2.61. The van der Waals surface area contributed by atoms with E-state index in [0.717, 1.165) is 101 Å². The number of hydrogen-bond acceptors (Lipinski definition) is 11. The molecule has 0 amide bonds. The Morgan fingerprint density at radius 1 is 0.533 bits per heavy atom. The van der Waals surface area contributed by atoms with Crippen molar-refractivity contribution in [3.63, 3.8) is 0 Å². The molecule has 0 saturated carbocycles. The van der Waals surface area contributed by atoms with Crippen LogP contribution in [0.1, 0.15) is 120 Å². The number of carbonyl (C=O) groups excluding carboxylic acids is 2. The third kappa shape index (κ3) is 15.9. The zero-order chi connectivity index (χ0) is 54.0. The number of aromatic nitrogens is 2. The van der Waals surface area contributed by atoms with Gasteiger partial charge in [0.05, 0.1) is 25.7 Å². The Bertz CT molecular complexity index is 3120. The molecule has 0 unspecified atom stereocenters. The summed E-state index contributed by atoms with van der Waals surface area (Å²) in [7, 11) is -1.80. The first-order valence-electron chi connectivity index (χ1n) is 25.8. The monoisotopic (exact) mass is 1070 g/mol. The number of halogens is 1. The molecule has 0 atom stereocenters. The number of carbonyl (C=O) groups is 2. The average Bonchev–Trinajstić information content (AvgIpc) is 3.90. The lowest BCUT2D eigenvalue weighted by Crippen LogP contribution is -2.38. The smallest absolute Gasteiger partial charge is 0.229 e. The van der Waals surface area contributed by atoms with E-state index in [-0.39, 0.29) is 11.6 Å². The fourth-order valence-electron chi connectivity index (χ4n) is 9.57. The van der Waals surface area contributed by atoms with Crippen LogP contribution in [0.15, 0.2) is 146 Å². The predicted octanol–water partition coefficient (Wildman–Crippen LogP) is 11.9. The van der Waals surface area contributed by atoms with Gasteiger partial charge in [-0.3, -0.25) is 19.6 Å². The maximum absolute atomic E-state index is 13.6. The summed E-state index contributed by atoms with van der Waals surface area (Å²) < 4.78 is 55.9. The van der Waals surface area contributed by atoms with E-state index >= 15 is 0 Å². The lowest BCUT2D eigenvalue weighted by Gasteiger charge is -2.30. The minimum absolute atomic E-state index is 0.0227. The summed E-state index contributed by atoms with van der Waals surface area (Å²) in [6, 6.07) is 39.3. The first-order chi connectivity index (χ1) is 36.2. The van der Waals surface area contributed by atoms with Crippen LogP contribution in [0.4, 0.5) is 0 Å². The van der Waals surface area contributed by atoms with Gasteiger partial charge in [0, 0.05) is 93.1 Å². The van der Waals surface area contributed by atoms with Crippen molar-refractivity contribution in [2.24, 2.45) is 11.8 Å². The van der Waals surface area contributed by atoms with Crippen molar-refractivity contribution < 1.29 is 35.9 Å². The van der Waals surface area contributed by atoms with E-state index in [9.17, 15) is 26.4 Å². The molecule has 4 heterocycles. The SMILES string of the molecule is CC.CC.CS(=O)(=O)Cl.CS(=O)(=O)N1CCC(CCOc2ccc3c(c2)C(=O)C(c2cccnc2)=C3c2ccccc2)CC1.O=C1C(c2cccnc2)=C(c2ccccc2)c2ccc(OCCC3CCNCC3)cc21. The molecule has 0 radical (unpaired) electrons. The number of sulfonamides is 1. The van der Waals surface area contributed by atoms with E-state index < -0.39 is 19.1 Å². The van der Waals surface area contributed by atoms with Crippen LogP contribution in [0, 0.1) is 11.8 Å². The van der Waals surface area contributed by atoms with Crippen molar-refractivity contribution in [3.8, 4) is 11.5 Å². The van der Waals surface area contributed by atoms with Gasteiger partial charge in [0.1, 0.15) is 11.5 Å². The topological polar surface area (TPSA) is 162 Å². The van der Waals surface area contributed by atoms with Crippen molar-refractivity contribution in [1.82, 2.24) is 19.6 Å². The van der Waals surface area contributed by atoms with Gasteiger partial charge < -0.3 is 14.8 Å². The van der Waals surface area contributed by atoms with Crippen LogP contribution in [0.3, 0.4) is 0 Å². The van der Waals surface area contributed by atoms with Crippen LogP contribution in [0.25, 0.3) is 22.3 Å². The standard InChI is InChI=1S/C28H28N2O4S.C27H26N2O2.2C2H6.CH3ClO2S/c1-35(32,33)30-15-11-20(12-16-30)13-17-34-23-9-10-24-25(18-23)28(31)27(22-8-5-14-29-19-22)26(24)21-6-3-2-4-7-21;30-27-24-17-22(31-16-12-19-10-14-28-15-11-19)8-9-23(24)25(20-5-2-1-3-6-20)26(27)21-7-4-13-29-18-21;2*1-2;1-5(2,3)4/h2-10,14,18-20H,11-13,15-17H2,1H3;1-9,13,17-19,28H,10-12,14-16H2;2*1-2H3;1H3. The first kappa shape index (κ1) is 58.0. The van der Waals surface area contributed by atoms with Gasteiger partial charge in [0.2, 0.25) is 19.1 Å². The van der Waals surface area contributed by atoms with Gasteiger partial charge in [-0.25, -0.2) is 21.1 Å². The zero-order valence-electron chi connectivity index (χ0n) is 43.8. The van der Waals surface area contributed by atoms with Gasteiger partial charge in [-0.2, -0.15) is 0 Å². The molecule has 15 heteroatoms. The average molecular weight is 1070 g/mol. The third-order valence-corrected chi connectivity index (χ3v) is 14.4. The van der Waals surface area contributed by atoms with Crippen molar-refractivity contribution in [1.29, 1.82) is 0 Å². The van der Waals surface area contributed by atoms with E-state index in [0.29, 0.717) is 60.2 Å². The Balaban J connectivity index is 0.000000212. The van der Waals surface area contributed by atoms with Gasteiger partial charge in [-0.05, 0) is 134 Å². The molecule has 396 valence electrons. The van der Waals surface area contributed by atoms with E-state index in [1.54, 1.807) is 29.1 Å². The second-order valence-electron chi connectivity index (χ2n) is 18.0. The van der Waals surface area contributed by atoms with E-state index in [4.69, 9.17) is 9.47 Å². The Morgan fingerprint density at radius 3 is 1.29 bits per heavy atom. The highest BCUT2D eigenvalue weighted by Gasteiger charge is 2.34. The quantitative estimate of drug-likeness (QED) is 0.110. The molecule has 0 spiro atoms. The van der Waals surface area contributed by atoms with Crippen molar-refractivity contribution in [3.05, 3.63) is 191 Å². The number of hydrogen-bond donors (Lipinski definition) is 1. The Morgan fingerprint density at radius 2 is 0.920 bits per heavy atom. The number of ether oxygens (including phenoxy) is 2. The molecule has 2 saturated heterocycles. The Hall–Kier alpha value is -6.29. The third-order valence-electron chi connectivity index (χ3n) is 13.1. The van der Waals surface area contributed by atoms with E-state index in [1.807, 2.05) is 137 Å². The van der Waals surface area contributed by atoms with Gasteiger partial charge in [0.25, 0.3) is 0 Å². The zero-order valence-corrected chi connectivity index (χ0v) is 46.2. The molecule has 2 aliphatic carbocycles. The molecule has 0 bridgehead atoms. The second kappa shape index (κ2) is 28.0. The second-order valence-corrected chi connectivity index (χ2v) is 23.1. The molecule has 1 N–H and O–H groups in total. The number of pyridine rings is 2. The highest BCUT2D eigenvalue weighted by atomic mass is 35.7. The molecule has 4 aliphatic rings. The van der Waals surface area contributed by atoms with Crippen LogP contribution in [0.5, 0.6) is 11.5 Å². The number of piperidine rings is 2. The minimum Gasteiger partial charge on any atom is -0.494 e. The molecule has 2 fully saturated rings. The maximum Gasteiger partial charge on any atom is 0.229 e. The minimum atomic E-state index is -3.19. The molecular weight excluding hydrogens is 1000 g/mol. The molecule has 10 rings (SSSR count). The number of nitrogens with zero attached hydrogens (tertiary/aromatic N) is 3. The van der Waals surface area contributed by atoms with Crippen molar-refractivity contribution in [2.75, 3.05) is 51.9 Å². The van der Waals surface area contributed by atoms with Gasteiger partial charge in [-0.1, -0.05) is 100 Å². The van der Waals surface area contributed by atoms with Crippen LogP contribution in [-0.2, 0) is 19.1 Å². The van der Waals surface area contributed by atoms with Gasteiger partial charge in [0.15, 0.2) is 11.6 Å². The fraction of sp³-hybridized carbons (Fsp3) is 0.333. The molecule has 12 nitrogen and oxygen atoms in total. The van der Waals surface area contributed by atoms with Crippen LogP contribution >= 0.6 is 10.7 Å². The first-order valence-corrected chi connectivity index (χ1v) is 30.4. The fourth-order valence-corrected chi connectivity index (χ4v) is 10.4. The van der Waals surface area contributed by atoms with Crippen molar-refractivity contribution in [2.45, 2.75) is 66.2 Å². The number of nitrogens with one attached hydrogen (secondary N) is 1. The number of allylic oxidation sites excluding steroid dienone is 2. The summed E-state index contributed by atoms with van der Waals surface area (Å²) in [6.07, 6.45) is 15.2. The molecular formula is C60H69ClN4O8S2. The molecule has 75 heavy (non-hydrogen) atoms. The highest BCUT2D eigenvalue weighted by molar-refractivity contribution is 8.13. The maximum atomic E-state index is 13.6. The predicted molar refractivity (Wildman–Crippen MR) is 303 cm³/mol. The molecule has 6 aromatic rings. The van der Waals surface area contributed by atoms with Crippen LogP contribution in [-0.4, -0.2) is 94.6 Å². The Labute approximate surface area is 448 Å². The summed E-state index contributed by atoms with van der Waals surface area (Å²) in [5, 5.41) is 3.40. The lowest BCUT2D eigenvalue weighted by molar-refractivity contribution is 0.105. The van der Waals surface area contributed by atoms with Crippen molar-refractivity contribution >= 4 is 63.6 Å². The summed E-state index contributed by atoms with van der Waals surface area (Å²) in [4.78, 5) is 35.5. The Kier molecular flexibility index (Phi) is 21.7. The number of benzene rings is 4. The number of fused-ring (bicyclic) bond motifs is 2. The van der Waals surface area contributed by atoms with Gasteiger partial charge in [-0.15, -0.1) is 0 Å². The largest absolute Gasteiger partial charge is 0.494 e.